The Kier molecular flexibility index (Phi) is 4.30. The van der Waals surface area contributed by atoms with Gasteiger partial charge < -0.3 is 4.52 Å². The first-order valence-corrected chi connectivity index (χ1v) is 6.18. The Bertz CT molecular complexity index is 537. The van der Waals surface area contributed by atoms with Crippen molar-refractivity contribution in [3.05, 3.63) is 53.4 Å². The third-order valence-electron chi connectivity index (χ3n) is 2.68. The predicted molar refractivity (Wildman–Crippen MR) is 71.4 cm³/mol. The lowest BCUT2D eigenvalue weighted by Crippen LogP contribution is -2.44. The number of aromatic nitrogens is 1. The van der Waals surface area contributed by atoms with E-state index in [1.807, 2.05) is 25.1 Å². The van der Waals surface area contributed by atoms with Crippen LogP contribution in [0.4, 0.5) is 0 Å². The molecule has 0 fully saturated rings. The fourth-order valence-corrected chi connectivity index (χ4v) is 1.74. The SMILES string of the molecule is Cc1cc(C(=O)NNC(C)Cc2ccccc2)no1. The first-order valence-electron chi connectivity index (χ1n) is 6.18. The maximum Gasteiger partial charge on any atom is 0.287 e. The zero-order chi connectivity index (χ0) is 13.7. The Morgan fingerprint density at radius 2 is 2.11 bits per heavy atom. The van der Waals surface area contributed by atoms with Gasteiger partial charge in [-0.15, -0.1) is 0 Å². The molecule has 19 heavy (non-hydrogen) atoms. The second-order valence-corrected chi connectivity index (χ2v) is 4.51. The van der Waals surface area contributed by atoms with E-state index in [0.717, 1.165) is 6.42 Å². The van der Waals surface area contributed by atoms with Gasteiger partial charge in [-0.05, 0) is 25.8 Å². The molecule has 5 nitrogen and oxygen atoms in total. The standard InChI is InChI=1S/C14H17N3O2/c1-10(8-12-6-4-3-5-7-12)15-16-14(18)13-9-11(2)19-17-13/h3-7,9-10,15H,8H2,1-2H3,(H,16,18). The first-order chi connectivity index (χ1) is 9.15. The summed E-state index contributed by atoms with van der Waals surface area (Å²) in [6.45, 7) is 3.75. The summed E-state index contributed by atoms with van der Waals surface area (Å²) in [5.74, 6) is 0.319. The summed E-state index contributed by atoms with van der Waals surface area (Å²) < 4.78 is 4.85. The molecule has 100 valence electrons. The molecule has 0 aliphatic carbocycles. The van der Waals surface area contributed by atoms with Crippen LogP contribution in [-0.4, -0.2) is 17.1 Å². The number of nitrogens with one attached hydrogen (secondary N) is 2. The Morgan fingerprint density at radius 1 is 1.37 bits per heavy atom. The highest BCUT2D eigenvalue weighted by atomic mass is 16.5. The highest BCUT2D eigenvalue weighted by Gasteiger charge is 2.11. The summed E-state index contributed by atoms with van der Waals surface area (Å²) >= 11 is 0. The van der Waals surface area contributed by atoms with Gasteiger partial charge in [0.25, 0.3) is 5.91 Å². The summed E-state index contributed by atoms with van der Waals surface area (Å²) in [5.41, 5.74) is 7.07. The highest BCUT2D eigenvalue weighted by molar-refractivity contribution is 5.91. The van der Waals surface area contributed by atoms with Gasteiger partial charge in [0.1, 0.15) is 5.76 Å². The fraction of sp³-hybridized carbons (Fsp3) is 0.286. The van der Waals surface area contributed by atoms with E-state index in [1.54, 1.807) is 13.0 Å². The molecule has 2 N–H and O–H groups in total. The second-order valence-electron chi connectivity index (χ2n) is 4.51. The van der Waals surface area contributed by atoms with Gasteiger partial charge in [0.2, 0.25) is 0 Å². The van der Waals surface area contributed by atoms with Crippen molar-refractivity contribution in [2.24, 2.45) is 0 Å². The van der Waals surface area contributed by atoms with Gasteiger partial charge in [-0.1, -0.05) is 35.5 Å². The summed E-state index contributed by atoms with van der Waals surface area (Å²) in [5, 5.41) is 3.65. The molecule has 1 amide bonds. The molecule has 0 spiro atoms. The summed E-state index contributed by atoms with van der Waals surface area (Å²) in [6.07, 6.45) is 0.832. The molecule has 0 aliphatic heterocycles. The van der Waals surface area contributed by atoms with E-state index in [9.17, 15) is 4.79 Å². The zero-order valence-corrected chi connectivity index (χ0v) is 11.0. The van der Waals surface area contributed by atoms with Crippen LogP contribution in [0.2, 0.25) is 0 Å². The van der Waals surface area contributed by atoms with Crippen molar-refractivity contribution in [1.82, 2.24) is 16.0 Å². The Hall–Kier alpha value is -2.14. The van der Waals surface area contributed by atoms with E-state index in [2.05, 4.69) is 28.1 Å². The fourth-order valence-electron chi connectivity index (χ4n) is 1.74. The summed E-state index contributed by atoms with van der Waals surface area (Å²) in [7, 11) is 0. The topological polar surface area (TPSA) is 67.2 Å². The molecule has 2 rings (SSSR count). The number of aryl methyl sites for hydroxylation is 1. The molecule has 1 heterocycles. The smallest absolute Gasteiger partial charge is 0.287 e. The van der Waals surface area contributed by atoms with Crippen molar-refractivity contribution in [2.75, 3.05) is 0 Å². The quantitative estimate of drug-likeness (QED) is 0.804. The van der Waals surface area contributed by atoms with E-state index in [0.29, 0.717) is 5.76 Å². The molecule has 5 heteroatoms. The van der Waals surface area contributed by atoms with Gasteiger partial charge in [-0.2, -0.15) is 0 Å². The van der Waals surface area contributed by atoms with Crippen molar-refractivity contribution in [3.8, 4) is 0 Å². The molecular formula is C14H17N3O2. The first kappa shape index (κ1) is 13.3. The van der Waals surface area contributed by atoms with E-state index in [1.165, 1.54) is 5.56 Å². The van der Waals surface area contributed by atoms with E-state index >= 15 is 0 Å². The molecule has 0 saturated heterocycles. The van der Waals surface area contributed by atoms with Gasteiger partial charge >= 0.3 is 0 Å². The van der Waals surface area contributed by atoms with Crippen LogP contribution in [0.3, 0.4) is 0 Å². The normalized spacial score (nSPS) is 12.1. The molecule has 0 aliphatic rings. The Labute approximate surface area is 112 Å². The Morgan fingerprint density at radius 3 is 2.74 bits per heavy atom. The Balaban J connectivity index is 1.80. The van der Waals surface area contributed by atoms with Gasteiger partial charge in [0, 0.05) is 12.1 Å². The third kappa shape index (κ3) is 3.93. The van der Waals surface area contributed by atoms with Gasteiger partial charge in [0.15, 0.2) is 5.69 Å². The van der Waals surface area contributed by atoms with Crippen LogP contribution < -0.4 is 10.9 Å². The highest BCUT2D eigenvalue weighted by Crippen LogP contribution is 2.03. The molecule has 1 aromatic carbocycles. The largest absolute Gasteiger partial charge is 0.361 e. The molecule has 0 radical (unpaired) electrons. The minimum atomic E-state index is -0.295. The number of hydrogen-bond acceptors (Lipinski definition) is 4. The number of amides is 1. The average molecular weight is 259 g/mol. The van der Waals surface area contributed by atoms with Crippen LogP contribution in [0.15, 0.2) is 40.9 Å². The second kappa shape index (κ2) is 6.15. The molecule has 2 aromatic rings. The van der Waals surface area contributed by atoms with Crippen LogP contribution in [-0.2, 0) is 6.42 Å². The van der Waals surface area contributed by atoms with Crippen molar-refractivity contribution in [1.29, 1.82) is 0 Å². The minimum absolute atomic E-state index is 0.124. The zero-order valence-electron chi connectivity index (χ0n) is 11.0. The number of benzene rings is 1. The number of hydrazine groups is 1. The van der Waals surface area contributed by atoms with Crippen LogP contribution in [0.1, 0.15) is 28.7 Å². The number of carbonyl (C=O) groups is 1. The molecule has 1 atom stereocenters. The number of carbonyl (C=O) groups excluding carboxylic acids is 1. The van der Waals surface area contributed by atoms with E-state index in [4.69, 9.17) is 4.52 Å². The molecule has 1 unspecified atom stereocenters. The van der Waals surface area contributed by atoms with Crippen molar-refractivity contribution < 1.29 is 9.32 Å². The monoisotopic (exact) mass is 259 g/mol. The predicted octanol–water partition coefficient (Wildman–Crippen LogP) is 1.85. The van der Waals surface area contributed by atoms with E-state index < -0.39 is 0 Å². The molecular weight excluding hydrogens is 242 g/mol. The number of hydrogen-bond donors (Lipinski definition) is 2. The molecule has 0 bridgehead atoms. The van der Waals surface area contributed by atoms with Crippen LogP contribution in [0.5, 0.6) is 0 Å². The number of rotatable bonds is 5. The summed E-state index contributed by atoms with van der Waals surface area (Å²) in [6, 6.07) is 11.8. The van der Waals surface area contributed by atoms with E-state index in [-0.39, 0.29) is 17.6 Å². The number of nitrogens with zero attached hydrogens (tertiary/aromatic N) is 1. The molecule has 1 aromatic heterocycles. The van der Waals surface area contributed by atoms with Gasteiger partial charge in [-0.25, -0.2) is 5.43 Å². The van der Waals surface area contributed by atoms with Gasteiger partial charge in [-0.3, -0.25) is 10.2 Å². The van der Waals surface area contributed by atoms with Gasteiger partial charge in [0.05, 0.1) is 0 Å². The summed E-state index contributed by atoms with van der Waals surface area (Å²) in [4.78, 5) is 11.7. The van der Waals surface area contributed by atoms with Crippen LogP contribution >= 0.6 is 0 Å². The van der Waals surface area contributed by atoms with Crippen LogP contribution in [0, 0.1) is 6.92 Å². The lowest BCUT2D eigenvalue weighted by Gasteiger charge is -2.14. The average Bonchev–Trinajstić information content (AvgIpc) is 2.84. The van der Waals surface area contributed by atoms with Crippen molar-refractivity contribution in [2.45, 2.75) is 26.3 Å². The minimum Gasteiger partial charge on any atom is -0.361 e. The van der Waals surface area contributed by atoms with Crippen molar-refractivity contribution >= 4 is 5.91 Å². The maximum absolute atomic E-state index is 11.7. The van der Waals surface area contributed by atoms with Crippen molar-refractivity contribution in [3.63, 3.8) is 0 Å². The lowest BCUT2D eigenvalue weighted by atomic mass is 10.1. The van der Waals surface area contributed by atoms with Crippen LogP contribution in [0.25, 0.3) is 0 Å². The maximum atomic E-state index is 11.7. The lowest BCUT2D eigenvalue weighted by molar-refractivity contribution is 0.0917. The third-order valence-corrected chi connectivity index (χ3v) is 2.68. The molecule has 0 saturated carbocycles.